The normalized spacial score (nSPS) is 10.6. The number of anilines is 1. The van der Waals surface area contributed by atoms with Crippen molar-refractivity contribution in [1.82, 2.24) is 15.4 Å². The maximum Gasteiger partial charge on any atom is 0.117 e. The van der Waals surface area contributed by atoms with Gasteiger partial charge < -0.3 is 5.32 Å². The largest absolute Gasteiger partial charge is 0.379 e. The van der Waals surface area contributed by atoms with Crippen molar-refractivity contribution in [3.8, 4) is 11.3 Å². The van der Waals surface area contributed by atoms with Gasteiger partial charge in [-0.05, 0) is 25.5 Å². The minimum atomic E-state index is 0.643. The average molecular weight is 278 g/mol. The standard InChI is InChI=1S/C17H18N4/c1-12-8-9-15(13(2)10-12)18-11-16-17(20-21-19-16)14-6-4-3-5-7-14/h3-10,18H,11H2,1-2H3,(H,19,20,21). The number of nitrogens with one attached hydrogen (secondary N) is 2. The third-order valence-electron chi connectivity index (χ3n) is 3.50. The van der Waals surface area contributed by atoms with Crippen molar-refractivity contribution >= 4 is 5.69 Å². The maximum atomic E-state index is 4.26. The molecular weight excluding hydrogens is 260 g/mol. The Kier molecular flexibility index (Phi) is 3.69. The highest BCUT2D eigenvalue weighted by Gasteiger charge is 2.10. The zero-order valence-corrected chi connectivity index (χ0v) is 12.2. The molecule has 1 aromatic heterocycles. The Bertz CT molecular complexity index is 732. The van der Waals surface area contributed by atoms with Gasteiger partial charge in [0.25, 0.3) is 0 Å². The summed E-state index contributed by atoms with van der Waals surface area (Å²) in [5, 5.41) is 14.7. The highest BCUT2D eigenvalue weighted by Crippen LogP contribution is 2.21. The number of hydrogen-bond donors (Lipinski definition) is 2. The number of H-pyrrole nitrogens is 1. The second kappa shape index (κ2) is 5.79. The highest BCUT2D eigenvalue weighted by molar-refractivity contribution is 5.61. The first-order valence-electron chi connectivity index (χ1n) is 7.00. The Hall–Kier alpha value is -2.62. The molecule has 0 unspecified atom stereocenters. The highest BCUT2D eigenvalue weighted by atomic mass is 15.3. The molecule has 1 heterocycles. The lowest BCUT2D eigenvalue weighted by Gasteiger charge is -2.09. The maximum absolute atomic E-state index is 4.26. The minimum Gasteiger partial charge on any atom is -0.379 e. The second-order valence-electron chi connectivity index (χ2n) is 5.16. The number of hydrogen-bond acceptors (Lipinski definition) is 3. The van der Waals surface area contributed by atoms with E-state index >= 15 is 0 Å². The first-order chi connectivity index (χ1) is 10.2. The van der Waals surface area contributed by atoms with Gasteiger partial charge in [0.15, 0.2) is 0 Å². The van der Waals surface area contributed by atoms with Gasteiger partial charge in [-0.15, -0.1) is 0 Å². The minimum absolute atomic E-state index is 0.643. The van der Waals surface area contributed by atoms with Crippen LogP contribution in [0.4, 0.5) is 5.69 Å². The molecule has 2 aromatic carbocycles. The molecule has 0 aliphatic carbocycles. The molecule has 0 atom stereocenters. The molecule has 3 rings (SSSR count). The Morgan fingerprint density at radius 1 is 1.00 bits per heavy atom. The molecule has 4 heteroatoms. The first kappa shape index (κ1) is 13.4. The molecule has 0 radical (unpaired) electrons. The van der Waals surface area contributed by atoms with Crippen LogP contribution in [0.3, 0.4) is 0 Å². The molecule has 0 fully saturated rings. The number of aromatic amines is 1. The summed E-state index contributed by atoms with van der Waals surface area (Å²) >= 11 is 0. The lowest BCUT2D eigenvalue weighted by atomic mass is 10.1. The van der Waals surface area contributed by atoms with Crippen molar-refractivity contribution in [1.29, 1.82) is 0 Å². The summed E-state index contributed by atoms with van der Waals surface area (Å²) in [4.78, 5) is 0. The summed E-state index contributed by atoms with van der Waals surface area (Å²) in [6.07, 6.45) is 0. The van der Waals surface area contributed by atoms with Gasteiger partial charge in [0.05, 0.1) is 6.54 Å². The fourth-order valence-electron chi connectivity index (χ4n) is 2.39. The molecule has 0 aliphatic heterocycles. The summed E-state index contributed by atoms with van der Waals surface area (Å²) < 4.78 is 0. The molecule has 0 amide bonds. The van der Waals surface area contributed by atoms with Gasteiger partial charge in [0.2, 0.25) is 0 Å². The third-order valence-corrected chi connectivity index (χ3v) is 3.50. The van der Waals surface area contributed by atoms with E-state index in [0.717, 1.165) is 22.6 Å². The third kappa shape index (κ3) is 2.94. The van der Waals surface area contributed by atoms with Crippen LogP contribution in [-0.4, -0.2) is 15.4 Å². The predicted molar refractivity (Wildman–Crippen MR) is 85.1 cm³/mol. The van der Waals surface area contributed by atoms with E-state index < -0.39 is 0 Å². The van der Waals surface area contributed by atoms with Crippen molar-refractivity contribution < 1.29 is 0 Å². The fraction of sp³-hybridized carbons (Fsp3) is 0.176. The number of benzene rings is 2. The molecule has 4 nitrogen and oxygen atoms in total. The summed E-state index contributed by atoms with van der Waals surface area (Å²) in [5.41, 5.74) is 6.52. The SMILES string of the molecule is Cc1ccc(NCc2n[nH]nc2-c2ccccc2)c(C)c1. The number of aryl methyl sites for hydroxylation is 2. The van der Waals surface area contributed by atoms with Crippen molar-refractivity contribution in [3.63, 3.8) is 0 Å². The van der Waals surface area contributed by atoms with Gasteiger partial charge in [-0.25, -0.2) is 0 Å². The average Bonchev–Trinajstić information content (AvgIpc) is 2.96. The Morgan fingerprint density at radius 2 is 1.81 bits per heavy atom. The fourth-order valence-corrected chi connectivity index (χ4v) is 2.39. The zero-order valence-electron chi connectivity index (χ0n) is 12.2. The van der Waals surface area contributed by atoms with E-state index in [1.807, 2.05) is 30.3 Å². The number of aromatic nitrogens is 3. The van der Waals surface area contributed by atoms with Crippen LogP contribution in [0.1, 0.15) is 16.8 Å². The smallest absolute Gasteiger partial charge is 0.117 e. The summed E-state index contributed by atoms with van der Waals surface area (Å²) in [7, 11) is 0. The molecule has 3 aromatic rings. The summed E-state index contributed by atoms with van der Waals surface area (Å²) in [5.74, 6) is 0. The lowest BCUT2D eigenvalue weighted by Crippen LogP contribution is -2.03. The van der Waals surface area contributed by atoms with Gasteiger partial charge in [0.1, 0.15) is 11.4 Å². The summed E-state index contributed by atoms with van der Waals surface area (Å²) in [6, 6.07) is 16.5. The molecule has 21 heavy (non-hydrogen) atoms. The predicted octanol–water partition coefficient (Wildman–Crippen LogP) is 3.70. The van der Waals surface area contributed by atoms with Crippen LogP contribution >= 0.6 is 0 Å². The molecule has 0 spiro atoms. The Morgan fingerprint density at radius 3 is 2.57 bits per heavy atom. The van der Waals surface area contributed by atoms with Crippen LogP contribution in [0.5, 0.6) is 0 Å². The monoisotopic (exact) mass is 278 g/mol. The van der Waals surface area contributed by atoms with Crippen LogP contribution in [0.25, 0.3) is 11.3 Å². The van der Waals surface area contributed by atoms with E-state index in [2.05, 4.69) is 52.8 Å². The van der Waals surface area contributed by atoms with Crippen molar-refractivity contribution in [3.05, 3.63) is 65.4 Å². The van der Waals surface area contributed by atoms with Gasteiger partial charge in [0, 0.05) is 11.3 Å². The van der Waals surface area contributed by atoms with Crippen LogP contribution in [0.2, 0.25) is 0 Å². The second-order valence-corrected chi connectivity index (χ2v) is 5.16. The van der Waals surface area contributed by atoms with Crippen molar-refractivity contribution in [2.45, 2.75) is 20.4 Å². The molecular formula is C17H18N4. The molecule has 0 saturated carbocycles. The lowest BCUT2D eigenvalue weighted by molar-refractivity contribution is 0.911. The van der Waals surface area contributed by atoms with Gasteiger partial charge in [-0.3, -0.25) is 0 Å². The van der Waals surface area contributed by atoms with E-state index in [1.54, 1.807) is 0 Å². The molecule has 0 aliphatic rings. The zero-order chi connectivity index (χ0) is 14.7. The molecule has 106 valence electrons. The van der Waals surface area contributed by atoms with Gasteiger partial charge in [-0.2, -0.15) is 15.4 Å². The molecule has 2 N–H and O–H groups in total. The summed E-state index contributed by atoms with van der Waals surface area (Å²) in [6.45, 7) is 4.85. The van der Waals surface area contributed by atoms with E-state index in [-0.39, 0.29) is 0 Å². The van der Waals surface area contributed by atoms with E-state index in [4.69, 9.17) is 0 Å². The Labute approximate surface area is 124 Å². The van der Waals surface area contributed by atoms with E-state index in [9.17, 15) is 0 Å². The molecule has 0 saturated heterocycles. The van der Waals surface area contributed by atoms with Crippen LogP contribution < -0.4 is 5.32 Å². The van der Waals surface area contributed by atoms with Crippen molar-refractivity contribution in [2.75, 3.05) is 5.32 Å². The first-order valence-corrected chi connectivity index (χ1v) is 7.00. The van der Waals surface area contributed by atoms with E-state index in [0.29, 0.717) is 6.54 Å². The van der Waals surface area contributed by atoms with Crippen LogP contribution in [-0.2, 0) is 6.54 Å². The number of rotatable bonds is 4. The topological polar surface area (TPSA) is 53.6 Å². The Balaban J connectivity index is 1.79. The van der Waals surface area contributed by atoms with Gasteiger partial charge in [-0.1, -0.05) is 48.0 Å². The quantitative estimate of drug-likeness (QED) is 0.765. The van der Waals surface area contributed by atoms with Crippen LogP contribution in [0, 0.1) is 13.8 Å². The van der Waals surface area contributed by atoms with E-state index in [1.165, 1.54) is 11.1 Å². The van der Waals surface area contributed by atoms with Crippen LogP contribution in [0.15, 0.2) is 48.5 Å². The van der Waals surface area contributed by atoms with Crippen molar-refractivity contribution in [2.24, 2.45) is 0 Å². The number of nitrogens with zero attached hydrogens (tertiary/aromatic N) is 2. The molecule has 0 bridgehead atoms. The van der Waals surface area contributed by atoms with Gasteiger partial charge >= 0.3 is 0 Å².